The van der Waals surface area contributed by atoms with Gasteiger partial charge in [0, 0.05) is 39.0 Å². The first-order chi connectivity index (χ1) is 12.7. The molecule has 0 aromatic carbocycles. The van der Waals surface area contributed by atoms with Crippen LogP contribution in [0.5, 0.6) is 0 Å². The second-order valence-corrected chi connectivity index (χ2v) is 8.41. The first-order valence-corrected chi connectivity index (χ1v) is 10.3. The van der Waals surface area contributed by atoms with Crippen molar-refractivity contribution in [1.82, 2.24) is 19.4 Å². The minimum atomic E-state index is 0.430. The molecule has 0 N–H and O–H groups in total. The maximum atomic E-state index is 6.22. The van der Waals surface area contributed by atoms with Crippen molar-refractivity contribution in [3.05, 3.63) is 18.2 Å². The van der Waals surface area contributed by atoms with Crippen LogP contribution in [0.4, 0.5) is 0 Å². The average Bonchev–Trinajstić information content (AvgIpc) is 3.08. The number of piperidine rings is 2. The van der Waals surface area contributed by atoms with E-state index >= 15 is 0 Å². The van der Waals surface area contributed by atoms with Gasteiger partial charge in [-0.1, -0.05) is 0 Å². The van der Waals surface area contributed by atoms with Crippen molar-refractivity contribution in [3.8, 4) is 0 Å². The molecule has 2 aliphatic heterocycles. The van der Waals surface area contributed by atoms with Crippen LogP contribution in [0.3, 0.4) is 0 Å². The lowest BCUT2D eigenvalue weighted by molar-refractivity contribution is -0.126. The second kappa shape index (κ2) is 8.38. The van der Waals surface area contributed by atoms with E-state index < -0.39 is 0 Å². The highest BCUT2D eigenvalue weighted by Gasteiger charge is 2.33. The fraction of sp³-hybridized carbons (Fsp3) is 0.850. The number of rotatable bonds is 6. The topological polar surface area (TPSA) is 42.8 Å². The van der Waals surface area contributed by atoms with Gasteiger partial charge in [-0.15, -0.1) is 0 Å². The monoisotopic (exact) mass is 362 g/mol. The number of aromatic nitrogens is 2. The van der Waals surface area contributed by atoms with E-state index in [0.717, 1.165) is 45.3 Å². The Kier molecular flexibility index (Phi) is 5.93. The summed E-state index contributed by atoms with van der Waals surface area (Å²) in [5.41, 5.74) is 1.21. The van der Waals surface area contributed by atoms with Gasteiger partial charge >= 0.3 is 0 Å². The van der Waals surface area contributed by atoms with Gasteiger partial charge in [0.05, 0.1) is 30.3 Å². The molecule has 1 saturated carbocycles. The number of ether oxygens (including phenoxy) is 2. The maximum absolute atomic E-state index is 6.22. The van der Waals surface area contributed by atoms with Crippen LogP contribution < -0.4 is 0 Å². The molecule has 0 unspecified atom stereocenters. The molecule has 146 valence electrons. The molecule has 1 aliphatic carbocycles. The summed E-state index contributed by atoms with van der Waals surface area (Å²) in [5, 5.41) is 0. The van der Waals surface area contributed by atoms with Gasteiger partial charge in [0.15, 0.2) is 0 Å². The largest absolute Gasteiger partial charge is 0.381 e. The molecule has 0 bridgehead atoms. The van der Waals surface area contributed by atoms with Crippen molar-refractivity contribution >= 4 is 0 Å². The summed E-state index contributed by atoms with van der Waals surface area (Å²) in [4.78, 5) is 9.62. The molecule has 26 heavy (non-hydrogen) atoms. The molecule has 6 heteroatoms. The molecule has 1 aromatic rings. The smallest absolute Gasteiger partial charge is 0.0952 e. The van der Waals surface area contributed by atoms with Gasteiger partial charge < -0.3 is 18.9 Å². The lowest BCUT2D eigenvalue weighted by atomic mass is 9.91. The van der Waals surface area contributed by atoms with E-state index in [4.69, 9.17) is 9.47 Å². The summed E-state index contributed by atoms with van der Waals surface area (Å²) in [7, 11) is 4.01. The quantitative estimate of drug-likeness (QED) is 0.777. The lowest BCUT2D eigenvalue weighted by Gasteiger charge is -2.39. The Labute approximate surface area is 157 Å². The number of nitrogens with zero attached hydrogens (tertiary/aromatic N) is 4. The molecule has 0 amide bonds. The Morgan fingerprint density at radius 1 is 1.00 bits per heavy atom. The van der Waals surface area contributed by atoms with Crippen LogP contribution >= 0.6 is 0 Å². The van der Waals surface area contributed by atoms with E-state index in [1.807, 2.05) is 6.33 Å². The summed E-state index contributed by atoms with van der Waals surface area (Å²) in [6, 6.07) is 0.630. The number of hydrogen-bond acceptors (Lipinski definition) is 5. The van der Waals surface area contributed by atoms with Crippen LogP contribution in [-0.2, 0) is 16.0 Å². The van der Waals surface area contributed by atoms with Crippen molar-refractivity contribution in [3.63, 3.8) is 0 Å². The summed E-state index contributed by atoms with van der Waals surface area (Å²) in [6.07, 6.45) is 12.5. The number of imidazole rings is 1. The highest BCUT2D eigenvalue weighted by Crippen LogP contribution is 2.29. The summed E-state index contributed by atoms with van der Waals surface area (Å²) < 4.78 is 13.9. The van der Waals surface area contributed by atoms with Crippen molar-refractivity contribution in [2.24, 2.45) is 0 Å². The van der Waals surface area contributed by atoms with Crippen molar-refractivity contribution in [2.45, 2.75) is 69.4 Å². The Morgan fingerprint density at radius 2 is 1.73 bits per heavy atom. The molecule has 4 rings (SSSR count). The fourth-order valence-corrected chi connectivity index (χ4v) is 4.48. The molecule has 3 heterocycles. The van der Waals surface area contributed by atoms with Crippen LogP contribution in [0.15, 0.2) is 12.5 Å². The average molecular weight is 363 g/mol. The highest BCUT2D eigenvalue weighted by molar-refractivity contribution is 4.99. The Bertz CT molecular complexity index is 556. The van der Waals surface area contributed by atoms with Crippen LogP contribution in [0, 0.1) is 0 Å². The first kappa shape index (κ1) is 18.4. The molecule has 6 nitrogen and oxygen atoms in total. The zero-order valence-corrected chi connectivity index (χ0v) is 16.3. The molecular formula is C20H34N4O2. The highest BCUT2D eigenvalue weighted by atomic mass is 16.5. The third-order valence-corrected chi connectivity index (χ3v) is 6.45. The van der Waals surface area contributed by atoms with Crippen molar-refractivity contribution < 1.29 is 9.47 Å². The molecule has 3 aliphatic rings. The number of likely N-dealkylation sites (tertiary alicyclic amines) is 2. The predicted octanol–water partition coefficient (Wildman–Crippen LogP) is 2.31. The van der Waals surface area contributed by atoms with Crippen LogP contribution in [0.25, 0.3) is 0 Å². The molecule has 0 atom stereocenters. The maximum Gasteiger partial charge on any atom is 0.0952 e. The van der Waals surface area contributed by atoms with Gasteiger partial charge in [-0.05, 0) is 58.7 Å². The van der Waals surface area contributed by atoms with Gasteiger partial charge in [-0.2, -0.15) is 0 Å². The second-order valence-electron chi connectivity index (χ2n) is 8.41. The Balaban J connectivity index is 1.19. The Hall–Kier alpha value is -0.950. The van der Waals surface area contributed by atoms with Crippen molar-refractivity contribution in [2.75, 3.05) is 40.3 Å². The SMILES string of the molecule is CO[C@H]1C[C@H](OC2CCN(Cc3cn(C4CCN(C)CC4)cn3)CC2)C1. The van der Waals surface area contributed by atoms with E-state index in [9.17, 15) is 0 Å². The summed E-state index contributed by atoms with van der Waals surface area (Å²) in [6.45, 7) is 5.59. The third-order valence-electron chi connectivity index (χ3n) is 6.45. The van der Waals surface area contributed by atoms with Gasteiger partial charge in [0.25, 0.3) is 0 Å². The third kappa shape index (κ3) is 4.47. The minimum Gasteiger partial charge on any atom is -0.381 e. The summed E-state index contributed by atoms with van der Waals surface area (Å²) in [5.74, 6) is 0. The lowest BCUT2D eigenvalue weighted by Crippen LogP contribution is -2.43. The van der Waals surface area contributed by atoms with Crippen LogP contribution in [-0.4, -0.2) is 78.0 Å². The molecule has 1 aromatic heterocycles. The molecule has 0 spiro atoms. The molecular weight excluding hydrogens is 328 g/mol. The van der Waals surface area contributed by atoms with Gasteiger partial charge in [0.2, 0.25) is 0 Å². The van der Waals surface area contributed by atoms with Gasteiger partial charge in [-0.3, -0.25) is 4.90 Å². The van der Waals surface area contributed by atoms with Gasteiger partial charge in [0.1, 0.15) is 0 Å². The zero-order chi connectivity index (χ0) is 17.9. The van der Waals surface area contributed by atoms with E-state index in [1.165, 1.54) is 31.6 Å². The predicted molar refractivity (Wildman–Crippen MR) is 101 cm³/mol. The molecule has 0 radical (unpaired) electrons. The zero-order valence-electron chi connectivity index (χ0n) is 16.3. The van der Waals surface area contributed by atoms with Crippen LogP contribution in [0.2, 0.25) is 0 Å². The van der Waals surface area contributed by atoms with Gasteiger partial charge in [-0.25, -0.2) is 4.98 Å². The molecule has 3 fully saturated rings. The number of methoxy groups -OCH3 is 1. The van der Waals surface area contributed by atoms with E-state index in [0.29, 0.717) is 24.4 Å². The van der Waals surface area contributed by atoms with E-state index in [-0.39, 0.29) is 0 Å². The van der Waals surface area contributed by atoms with E-state index in [2.05, 4.69) is 32.6 Å². The standard InChI is InChI=1S/C20H34N4O2/c1-22-7-3-17(4-8-22)24-14-16(21-15-24)13-23-9-5-18(6-10-23)26-20-11-19(12-20)25-2/h14-15,17-20H,3-13H2,1-2H3/t19-,20-. The molecule has 2 saturated heterocycles. The summed E-state index contributed by atoms with van der Waals surface area (Å²) >= 11 is 0. The van der Waals surface area contributed by atoms with E-state index in [1.54, 1.807) is 7.11 Å². The Morgan fingerprint density at radius 3 is 2.42 bits per heavy atom. The van der Waals surface area contributed by atoms with Crippen LogP contribution in [0.1, 0.15) is 50.3 Å². The number of hydrogen-bond donors (Lipinski definition) is 0. The fourth-order valence-electron chi connectivity index (χ4n) is 4.48. The first-order valence-electron chi connectivity index (χ1n) is 10.3. The normalized spacial score (nSPS) is 29.8. The minimum absolute atomic E-state index is 0.430. The van der Waals surface area contributed by atoms with Crippen molar-refractivity contribution in [1.29, 1.82) is 0 Å².